The van der Waals surface area contributed by atoms with Crippen molar-refractivity contribution in [2.24, 2.45) is 5.92 Å². The molecule has 0 radical (unpaired) electrons. The number of rotatable bonds is 6. The van der Waals surface area contributed by atoms with Crippen molar-refractivity contribution in [1.29, 1.82) is 0 Å². The lowest BCUT2D eigenvalue weighted by Crippen LogP contribution is -2.02. The molecule has 4 heteroatoms. The van der Waals surface area contributed by atoms with E-state index in [4.69, 9.17) is 9.15 Å². The molecule has 1 atom stereocenters. The molecule has 17 heavy (non-hydrogen) atoms. The molecule has 0 aliphatic heterocycles. The maximum absolute atomic E-state index is 11.2. The van der Waals surface area contributed by atoms with E-state index < -0.39 is 5.97 Å². The molecule has 94 valence electrons. The Hall–Kier alpha value is -1.29. The van der Waals surface area contributed by atoms with Crippen LogP contribution >= 0.6 is 0 Å². The summed E-state index contributed by atoms with van der Waals surface area (Å²) >= 11 is 0. The van der Waals surface area contributed by atoms with Gasteiger partial charge in [-0.15, -0.1) is 0 Å². The van der Waals surface area contributed by atoms with Gasteiger partial charge >= 0.3 is 5.97 Å². The van der Waals surface area contributed by atoms with Crippen molar-refractivity contribution in [1.82, 2.24) is 0 Å². The Morgan fingerprint density at radius 3 is 2.94 bits per heavy atom. The maximum atomic E-state index is 11.2. The van der Waals surface area contributed by atoms with Crippen LogP contribution < -0.4 is 0 Å². The Bertz CT molecular complexity index is 379. The summed E-state index contributed by atoms with van der Waals surface area (Å²) in [7, 11) is 1.33. The van der Waals surface area contributed by atoms with E-state index in [1.54, 1.807) is 12.1 Å². The number of hydrogen-bond acceptors (Lipinski definition) is 4. The summed E-state index contributed by atoms with van der Waals surface area (Å²) in [5.41, 5.74) is 0. The van der Waals surface area contributed by atoms with Gasteiger partial charge in [0.15, 0.2) is 0 Å². The van der Waals surface area contributed by atoms with E-state index in [1.807, 2.05) is 6.92 Å². The zero-order chi connectivity index (χ0) is 12.3. The second-order valence-corrected chi connectivity index (χ2v) is 4.44. The van der Waals surface area contributed by atoms with E-state index in [0.29, 0.717) is 5.76 Å². The van der Waals surface area contributed by atoms with Gasteiger partial charge in [-0.1, -0.05) is 12.8 Å². The summed E-state index contributed by atoms with van der Waals surface area (Å²) in [6.45, 7) is 2.67. The summed E-state index contributed by atoms with van der Waals surface area (Å²) in [4.78, 5) is 11.2. The van der Waals surface area contributed by atoms with Crippen LogP contribution in [-0.4, -0.2) is 19.7 Å². The molecule has 0 saturated heterocycles. The van der Waals surface area contributed by atoms with Gasteiger partial charge in [0.25, 0.3) is 0 Å². The Balaban J connectivity index is 1.82. The molecule has 0 bridgehead atoms. The van der Waals surface area contributed by atoms with Crippen LogP contribution in [0.3, 0.4) is 0 Å². The maximum Gasteiger partial charge on any atom is 0.373 e. The number of furan rings is 1. The molecule has 2 rings (SSSR count). The minimum atomic E-state index is -0.457. The van der Waals surface area contributed by atoms with Gasteiger partial charge in [-0.25, -0.2) is 4.79 Å². The molecule has 1 aliphatic carbocycles. The quantitative estimate of drug-likeness (QED) is 0.715. The lowest BCUT2D eigenvalue weighted by atomic mass is 10.3. The van der Waals surface area contributed by atoms with Gasteiger partial charge in [0.05, 0.1) is 7.11 Å². The number of carbonyl (C=O) groups is 1. The fraction of sp³-hybridized carbons (Fsp3) is 0.615. The summed E-state index contributed by atoms with van der Waals surface area (Å²) in [6.07, 6.45) is 3.68. The van der Waals surface area contributed by atoms with Crippen molar-refractivity contribution in [3.63, 3.8) is 0 Å². The van der Waals surface area contributed by atoms with Crippen LogP contribution in [0.25, 0.3) is 0 Å². The van der Waals surface area contributed by atoms with Crippen LogP contribution in [0.4, 0.5) is 0 Å². The summed E-state index contributed by atoms with van der Waals surface area (Å²) in [5.74, 6) is 1.30. The smallest absolute Gasteiger partial charge is 0.373 e. The van der Waals surface area contributed by atoms with Gasteiger partial charge < -0.3 is 13.9 Å². The van der Waals surface area contributed by atoms with E-state index in [-0.39, 0.29) is 11.9 Å². The average Bonchev–Trinajstić information content (AvgIpc) is 3.02. The number of ether oxygens (including phenoxy) is 2. The summed E-state index contributed by atoms with van der Waals surface area (Å²) in [5, 5.41) is 0. The summed E-state index contributed by atoms with van der Waals surface area (Å²) in [6, 6.07) is 3.37. The lowest BCUT2D eigenvalue weighted by molar-refractivity contribution is 0.0422. The molecule has 0 amide bonds. The molecule has 1 fully saturated rings. The van der Waals surface area contributed by atoms with Gasteiger partial charge in [-0.05, 0) is 31.4 Å². The minimum absolute atomic E-state index is 0.118. The van der Waals surface area contributed by atoms with Crippen LogP contribution in [0.1, 0.15) is 48.6 Å². The molecule has 1 aromatic rings. The zero-order valence-corrected chi connectivity index (χ0v) is 10.3. The van der Waals surface area contributed by atoms with Crippen molar-refractivity contribution >= 4 is 5.97 Å². The van der Waals surface area contributed by atoms with Gasteiger partial charge in [-0.3, -0.25) is 0 Å². The highest BCUT2D eigenvalue weighted by Gasteiger charge is 2.21. The van der Waals surface area contributed by atoms with Crippen molar-refractivity contribution in [2.75, 3.05) is 13.7 Å². The highest BCUT2D eigenvalue weighted by Crippen LogP contribution is 2.32. The lowest BCUT2D eigenvalue weighted by Gasteiger charge is -2.09. The Morgan fingerprint density at radius 1 is 1.53 bits per heavy atom. The standard InChI is InChI=1S/C13H18O4/c1-9(16-8-7-10-3-4-10)11-5-6-12(17-11)13(14)15-2/h5-6,9-10H,3-4,7-8H2,1-2H3. The average molecular weight is 238 g/mol. The first-order chi connectivity index (χ1) is 8.20. The Labute approximate surface area is 101 Å². The molecule has 1 aromatic heterocycles. The molecule has 0 aromatic carbocycles. The number of esters is 1. The van der Waals surface area contributed by atoms with Gasteiger partial charge in [-0.2, -0.15) is 0 Å². The highest BCUT2D eigenvalue weighted by molar-refractivity contribution is 5.86. The number of carbonyl (C=O) groups excluding carboxylic acids is 1. The SMILES string of the molecule is COC(=O)c1ccc(C(C)OCCC2CC2)o1. The second-order valence-electron chi connectivity index (χ2n) is 4.44. The van der Waals surface area contributed by atoms with Gasteiger partial charge in [0.1, 0.15) is 11.9 Å². The molecule has 1 aliphatic rings. The number of methoxy groups -OCH3 is 1. The van der Waals surface area contributed by atoms with Crippen molar-refractivity contribution in [2.45, 2.75) is 32.3 Å². The van der Waals surface area contributed by atoms with Crippen LogP contribution in [-0.2, 0) is 9.47 Å². The van der Waals surface area contributed by atoms with Crippen molar-refractivity contribution in [3.05, 3.63) is 23.7 Å². The molecular formula is C13H18O4. The second kappa shape index (κ2) is 5.36. The normalized spacial score (nSPS) is 16.8. The molecule has 0 spiro atoms. The number of hydrogen-bond donors (Lipinski definition) is 0. The first-order valence-electron chi connectivity index (χ1n) is 6.00. The highest BCUT2D eigenvalue weighted by atomic mass is 16.5. The van der Waals surface area contributed by atoms with E-state index in [9.17, 15) is 4.79 Å². The molecule has 4 nitrogen and oxygen atoms in total. The third kappa shape index (κ3) is 3.33. The molecule has 1 unspecified atom stereocenters. The van der Waals surface area contributed by atoms with Gasteiger partial charge in [0.2, 0.25) is 5.76 Å². The van der Waals surface area contributed by atoms with E-state index in [1.165, 1.54) is 20.0 Å². The monoisotopic (exact) mass is 238 g/mol. The van der Waals surface area contributed by atoms with E-state index in [0.717, 1.165) is 18.9 Å². The predicted octanol–water partition coefficient (Wildman–Crippen LogP) is 2.94. The van der Waals surface area contributed by atoms with E-state index >= 15 is 0 Å². The molecular weight excluding hydrogens is 220 g/mol. The first-order valence-corrected chi connectivity index (χ1v) is 6.00. The fourth-order valence-electron chi connectivity index (χ4n) is 1.68. The molecule has 1 heterocycles. The van der Waals surface area contributed by atoms with Crippen molar-refractivity contribution < 1.29 is 18.7 Å². The largest absolute Gasteiger partial charge is 0.463 e. The van der Waals surface area contributed by atoms with Gasteiger partial charge in [0, 0.05) is 6.61 Å². The van der Waals surface area contributed by atoms with Crippen molar-refractivity contribution in [3.8, 4) is 0 Å². The van der Waals surface area contributed by atoms with Crippen LogP contribution in [0, 0.1) is 5.92 Å². The topological polar surface area (TPSA) is 48.7 Å². The summed E-state index contributed by atoms with van der Waals surface area (Å²) < 4.78 is 15.6. The third-order valence-corrected chi connectivity index (χ3v) is 3.00. The Kier molecular flexibility index (Phi) is 3.84. The van der Waals surface area contributed by atoms with Crippen LogP contribution in [0.15, 0.2) is 16.5 Å². The zero-order valence-electron chi connectivity index (χ0n) is 10.3. The van der Waals surface area contributed by atoms with E-state index in [2.05, 4.69) is 4.74 Å². The van der Waals surface area contributed by atoms with Crippen LogP contribution in [0.2, 0.25) is 0 Å². The van der Waals surface area contributed by atoms with Crippen LogP contribution in [0.5, 0.6) is 0 Å². The first kappa shape index (κ1) is 12.2. The molecule has 0 N–H and O–H groups in total. The molecule has 1 saturated carbocycles. The third-order valence-electron chi connectivity index (χ3n) is 3.00. The Morgan fingerprint density at radius 2 is 2.29 bits per heavy atom. The fourth-order valence-corrected chi connectivity index (χ4v) is 1.68. The predicted molar refractivity (Wildman–Crippen MR) is 61.8 cm³/mol. The minimum Gasteiger partial charge on any atom is -0.463 e.